The Bertz CT molecular complexity index is 1090. The number of nitrogens with zero attached hydrogens (tertiary/aromatic N) is 1. The van der Waals surface area contributed by atoms with Crippen molar-refractivity contribution < 1.29 is 32.9 Å². The van der Waals surface area contributed by atoms with Crippen LogP contribution in [0.3, 0.4) is 0 Å². The van der Waals surface area contributed by atoms with Crippen LogP contribution in [-0.2, 0) is 18.4 Å². The van der Waals surface area contributed by atoms with E-state index < -0.39 is 20.0 Å². The van der Waals surface area contributed by atoms with Gasteiger partial charge in [-0.1, -0.05) is 244 Å². The van der Waals surface area contributed by atoms with E-state index in [0.717, 1.165) is 38.5 Å². The van der Waals surface area contributed by atoms with Crippen molar-refractivity contribution in [2.24, 2.45) is 0 Å². The first-order chi connectivity index (χ1) is 31.0. The maximum absolute atomic E-state index is 12.9. The molecule has 0 aromatic rings. The summed E-state index contributed by atoms with van der Waals surface area (Å²) < 4.78 is 23.3. The molecule has 0 spiro atoms. The Morgan fingerprint density at radius 3 is 1.22 bits per heavy atom. The van der Waals surface area contributed by atoms with E-state index >= 15 is 0 Å². The molecule has 0 aromatic heterocycles. The van der Waals surface area contributed by atoms with Crippen LogP contribution in [0.4, 0.5) is 0 Å². The first kappa shape index (κ1) is 63.0. The summed E-state index contributed by atoms with van der Waals surface area (Å²) in [7, 11) is 1.27. The van der Waals surface area contributed by atoms with E-state index in [0.29, 0.717) is 17.4 Å². The van der Waals surface area contributed by atoms with Crippen molar-refractivity contribution >= 4 is 13.7 Å². The minimum absolute atomic E-state index is 0.000274. The van der Waals surface area contributed by atoms with Crippen LogP contribution in [0.1, 0.15) is 271 Å². The average Bonchev–Trinajstić information content (AvgIpc) is 3.25. The highest BCUT2D eigenvalue weighted by molar-refractivity contribution is 7.45. The van der Waals surface area contributed by atoms with Gasteiger partial charge in [-0.3, -0.25) is 9.36 Å². The van der Waals surface area contributed by atoms with Gasteiger partial charge in [-0.2, -0.15) is 0 Å². The molecule has 0 aliphatic carbocycles. The summed E-state index contributed by atoms with van der Waals surface area (Å²) in [6, 6.07) is -0.887. The van der Waals surface area contributed by atoms with E-state index in [-0.39, 0.29) is 19.1 Å². The molecule has 8 nitrogen and oxygen atoms in total. The van der Waals surface area contributed by atoms with Gasteiger partial charge in [0.2, 0.25) is 5.91 Å². The van der Waals surface area contributed by atoms with Crippen molar-refractivity contribution in [3.8, 4) is 0 Å². The number of allylic oxidation sites excluding steroid dienone is 3. The first-order valence-electron chi connectivity index (χ1n) is 27.7. The van der Waals surface area contributed by atoms with Gasteiger partial charge in [0.15, 0.2) is 0 Å². The molecule has 0 heterocycles. The molecule has 0 radical (unpaired) electrons. The summed E-state index contributed by atoms with van der Waals surface area (Å²) >= 11 is 0. The number of phosphoric ester groups is 1. The van der Waals surface area contributed by atoms with Gasteiger partial charge < -0.3 is 28.8 Å². The van der Waals surface area contributed by atoms with Gasteiger partial charge in [-0.25, -0.2) is 0 Å². The lowest BCUT2D eigenvalue weighted by molar-refractivity contribution is -0.870. The molecule has 0 saturated heterocycles. The van der Waals surface area contributed by atoms with Crippen LogP contribution in [0.15, 0.2) is 24.3 Å². The van der Waals surface area contributed by atoms with E-state index in [2.05, 4.69) is 31.3 Å². The number of aliphatic hydroxyl groups excluding tert-OH is 1. The SMILES string of the molecule is CCCCCCCCCCCC/C=C\CCCCCCCCCC(=O)NC(COP(=O)([O-])OCC[N+](C)(C)C)C(O)/C=C/CCCCCCCCCCCCCCCCCCCCC. The normalized spacial score (nSPS) is 14.2. The van der Waals surface area contributed by atoms with Crippen molar-refractivity contribution in [2.45, 2.75) is 283 Å². The lowest BCUT2D eigenvalue weighted by Crippen LogP contribution is -2.45. The zero-order valence-corrected chi connectivity index (χ0v) is 44.1. The van der Waals surface area contributed by atoms with Crippen LogP contribution in [0.5, 0.6) is 0 Å². The van der Waals surface area contributed by atoms with Crippen LogP contribution in [0.2, 0.25) is 0 Å². The minimum Gasteiger partial charge on any atom is -0.756 e. The van der Waals surface area contributed by atoms with Gasteiger partial charge in [-0.15, -0.1) is 0 Å². The van der Waals surface area contributed by atoms with Gasteiger partial charge in [-0.05, 0) is 44.9 Å². The Morgan fingerprint density at radius 2 is 0.859 bits per heavy atom. The van der Waals surface area contributed by atoms with Crippen LogP contribution >= 0.6 is 7.82 Å². The number of unbranched alkanes of at least 4 members (excludes halogenated alkanes) is 36. The largest absolute Gasteiger partial charge is 0.756 e. The molecule has 0 saturated carbocycles. The predicted octanol–water partition coefficient (Wildman–Crippen LogP) is 15.8. The second-order valence-corrected chi connectivity index (χ2v) is 21.7. The second kappa shape index (κ2) is 47.1. The zero-order chi connectivity index (χ0) is 47.1. The van der Waals surface area contributed by atoms with E-state index in [1.807, 2.05) is 27.2 Å². The van der Waals surface area contributed by atoms with Crippen molar-refractivity contribution in [3.63, 3.8) is 0 Å². The van der Waals surface area contributed by atoms with Gasteiger partial charge in [0, 0.05) is 6.42 Å². The lowest BCUT2D eigenvalue weighted by Gasteiger charge is -2.29. The van der Waals surface area contributed by atoms with Crippen molar-refractivity contribution in [2.75, 3.05) is 40.9 Å². The third-order valence-corrected chi connectivity index (χ3v) is 13.6. The summed E-state index contributed by atoms with van der Waals surface area (Å²) in [4.78, 5) is 25.5. The maximum Gasteiger partial charge on any atom is 0.268 e. The van der Waals surface area contributed by atoms with Gasteiger partial charge >= 0.3 is 0 Å². The fourth-order valence-electron chi connectivity index (χ4n) is 8.27. The third-order valence-electron chi connectivity index (χ3n) is 12.7. The van der Waals surface area contributed by atoms with Crippen LogP contribution < -0.4 is 10.2 Å². The Kier molecular flexibility index (Phi) is 46.3. The fraction of sp³-hybridized carbons (Fsp3) is 0.909. The topological polar surface area (TPSA) is 108 Å². The first-order valence-corrected chi connectivity index (χ1v) is 29.2. The highest BCUT2D eigenvalue weighted by Crippen LogP contribution is 2.38. The van der Waals surface area contributed by atoms with Gasteiger partial charge in [0.25, 0.3) is 7.82 Å². The van der Waals surface area contributed by atoms with E-state index in [1.54, 1.807) is 6.08 Å². The number of phosphoric acid groups is 1. The number of carbonyl (C=O) groups is 1. The second-order valence-electron chi connectivity index (χ2n) is 20.3. The molecule has 9 heteroatoms. The molecule has 0 rings (SSSR count). The fourth-order valence-corrected chi connectivity index (χ4v) is 8.99. The molecular weight excluding hydrogens is 816 g/mol. The molecular formula is C55H109N2O6P. The average molecular weight is 925 g/mol. The molecule has 380 valence electrons. The molecule has 0 aromatic carbocycles. The smallest absolute Gasteiger partial charge is 0.268 e. The number of carbonyl (C=O) groups excluding carboxylic acids is 1. The zero-order valence-electron chi connectivity index (χ0n) is 43.3. The molecule has 0 aliphatic rings. The predicted molar refractivity (Wildman–Crippen MR) is 275 cm³/mol. The number of quaternary nitrogens is 1. The molecule has 64 heavy (non-hydrogen) atoms. The summed E-state index contributed by atoms with van der Waals surface area (Å²) in [5.74, 6) is -0.198. The summed E-state index contributed by atoms with van der Waals surface area (Å²) in [5, 5.41) is 13.9. The molecule has 2 N–H and O–H groups in total. The number of hydrogen-bond acceptors (Lipinski definition) is 6. The Balaban J connectivity index is 4.25. The monoisotopic (exact) mass is 925 g/mol. The van der Waals surface area contributed by atoms with Gasteiger partial charge in [0.05, 0.1) is 39.9 Å². The highest BCUT2D eigenvalue weighted by Gasteiger charge is 2.23. The van der Waals surface area contributed by atoms with E-state index in [9.17, 15) is 19.4 Å². The lowest BCUT2D eigenvalue weighted by atomic mass is 10.0. The molecule has 0 aliphatic heterocycles. The number of nitrogens with one attached hydrogen (secondary N) is 1. The molecule has 0 bridgehead atoms. The Hall–Kier alpha value is -1.02. The molecule has 1 amide bonds. The standard InChI is InChI=1S/C55H109N2O6P/c1-6-8-10-12-14-16-18-20-22-24-26-28-30-32-34-36-38-40-42-44-46-48-54(58)53(52-63-64(60,61)62-51-50-57(3,4)5)56-55(59)49-47-45-43-41-39-37-35-33-31-29-27-25-23-21-19-17-15-13-11-9-7-2/h29,31,46,48,53-54,58H,6-28,30,32-45,47,49-52H2,1-5H3,(H-,56,59,60,61)/b31-29-,48-46+. The Morgan fingerprint density at radius 1 is 0.531 bits per heavy atom. The Labute approximate surface area is 398 Å². The quantitative estimate of drug-likeness (QED) is 0.0272. The van der Waals surface area contributed by atoms with Crippen LogP contribution in [0.25, 0.3) is 0 Å². The van der Waals surface area contributed by atoms with Crippen molar-refractivity contribution in [1.82, 2.24) is 5.32 Å². The highest BCUT2D eigenvalue weighted by atomic mass is 31.2. The number of rotatable bonds is 51. The molecule has 0 fully saturated rings. The number of aliphatic hydroxyl groups is 1. The maximum atomic E-state index is 12.9. The van der Waals surface area contributed by atoms with Crippen molar-refractivity contribution in [3.05, 3.63) is 24.3 Å². The van der Waals surface area contributed by atoms with Crippen LogP contribution in [0, 0.1) is 0 Å². The minimum atomic E-state index is -4.59. The third kappa shape index (κ3) is 48.9. The van der Waals surface area contributed by atoms with E-state index in [4.69, 9.17) is 9.05 Å². The molecule has 3 unspecified atom stereocenters. The van der Waals surface area contributed by atoms with E-state index in [1.165, 1.54) is 212 Å². The number of hydrogen-bond donors (Lipinski definition) is 2. The van der Waals surface area contributed by atoms with Crippen molar-refractivity contribution in [1.29, 1.82) is 0 Å². The summed E-state index contributed by atoms with van der Waals surface area (Å²) in [6.07, 6.45) is 58.1. The molecule has 3 atom stereocenters. The summed E-state index contributed by atoms with van der Waals surface area (Å²) in [5.41, 5.74) is 0. The number of amides is 1. The number of likely N-dealkylation sites (N-methyl/N-ethyl adjacent to an activating group) is 1. The van der Waals surface area contributed by atoms with Crippen LogP contribution in [-0.4, -0.2) is 68.5 Å². The van der Waals surface area contributed by atoms with Gasteiger partial charge in [0.1, 0.15) is 13.2 Å². The summed E-state index contributed by atoms with van der Waals surface area (Å²) in [6.45, 7) is 4.68.